The van der Waals surface area contributed by atoms with Gasteiger partial charge >= 0.3 is 0 Å². The number of benzene rings is 1. The molecule has 0 radical (unpaired) electrons. The fraction of sp³-hybridized carbons (Fsp3) is 0.467. The summed E-state index contributed by atoms with van der Waals surface area (Å²) in [5, 5.41) is 5.49. The van der Waals surface area contributed by atoms with Crippen molar-refractivity contribution in [2.75, 3.05) is 7.11 Å². The maximum absolute atomic E-state index is 12.4. The van der Waals surface area contributed by atoms with Crippen molar-refractivity contribution in [3.63, 3.8) is 0 Å². The lowest BCUT2D eigenvalue weighted by Crippen LogP contribution is -2.38. The molecule has 0 bridgehead atoms. The number of methoxy groups -OCH3 is 1. The minimum atomic E-state index is -0.724. The molecular formula is C15H20N2O2. The van der Waals surface area contributed by atoms with Gasteiger partial charge in [-0.05, 0) is 19.4 Å². The summed E-state index contributed by atoms with van der Waals surface area (Å²) < 4.78 is 7.17. The van der Waals surface area contributed by atoms with E-state index in [9.17, 15) is 4.79 Å². The number of hydrogen-bond donors (Lipinski definition) is 0. The molecule has 0 N–H and O–H groups in total. The van der Waals surface area contributed by atoms with Gasteiger partial charge in [-0.1, -0.05) is 25.1 Å². The highest BCUT2D eigenvalue weighted by molar-refractivity contribution is 5.92. The molecule has 1 aromatic heterocycles. The molecule has 2 rings (SSSR count). The summed E-state index contributed by atoms with van der Waals surface area (Å²) in [6, 6.07) is 7.95. The molecule has 2 aromatic rings. The second-order valence-corrected chi connectivity index (χ2v) is 4.98. The first-order valence-corrected chi connectivity index (χ1v) is 6.51. The summed E-state index contributed by atoms with van der Waals surface area (Å²) in [7, 11) is 3.48. The Kier molecular flexibility index (Phi) is 3.71. The summed E-state index contributed by atoms with van der Waals surface area (Å²) in [5.41, 5.74) is 1.14. The Balaban J connectivity index is 2.34. The molecule has 0 fully saturated rings. The number of aromatic nitrogens is 2. The minimum absolute atomic E-state index is 0.0707. The highest BCUT2D eigenvalue weighted by atomic mass is 16.5. The van der Waals surface area contributed by atoms with Crippen LogP contribution in [-0.2, 0) is 23.0 Å². The maximum atomic E-state index is 12.4. The summed E-state index contributed by atoms with van der Waals surface area (Å²) in [4.78, 5) is 12.4. The lowest BCUT2D eigenvalue weighted by Gasteiger charge is -2.24. The van der Waals surface area contributed by atoms with E-state index < -0.39 is 5.60 Å². The van der Waals surface area contributed by atoms with Crippen LogP contribution in [0, 0.1) is 0 Å². The molecule has 19 heavy (non-hydrogen) atoms. The third-order valence-corrected chi connectivity index (χ3v) is 3.88. The topological polar surface area (TPSA) is 44.1 Å². The quantitative estimate of drug-likeness (QED) is 0.829. The van der Waals surface area contributed by atoms with Gasteiger partial charge in [-0.25, -0.2) is 0 Å². The van der Waals surface area contributed by atoms with Gasteiger partial charge in [0.2, 0.25) is 0 Å². The summed E-state index contributed by atoms with van der Waals surface area (Å²) in [6.45, 7) is 3.79. The standard InChI is InChI=1S/C15H20N2O2/c1-5-15(2,19-4)14(18)10-12-11-8-6-7-9-13(11)17(3)16-12/h6-9H,5,10H2,1-4H3. The Bertz CT molecular complexity index is 597. The van der Waals surface area contributed by atoms with Gasteiger partial charge in [0.05, 0.1) is 17.6 Å². The highest BCUT2D eigenvalue weighted by Gasteiger charge is 2.31. The number of Topliss-reactive ketones (excluding diaryl/α,β-unsaturated/α-hetero) is 1. The van der Waals surface area contributed by atoms with Gasteiger partial charge < -0.3 is 4.74 Å². The predicted octanol–water partition coefficient (Wildman–Crippen LogP) is 2.50. The first kappa shape index (κ1) is 13.7. The number of ketones is 1. The van der Waals surface area contributed by atoms with Gasteiger partial charge in [-0.3, -0.25) is 9.48 Å². The molecule has 0 aliphatic carbocycles. The van der Waals surface area contributed by atoms with Crippen molar-refractivity contribution in [3.05, 3.63) is 30.0 Å². The van der Waals surface area contributed by atoms with E-state index in [1.54, 1.807) is 7.11 Å². The van der Waals surface area contributed by atoms with E-state index >= 15 is 0 Å². The SMILES string of the molecule is CCC(C)(OC)C(=O)Cc1nn(C)c2ccccc12. The Hall–Kier alpha value is -1.68. The number of nitrogens with zero attached hydrogens (tertiary/aromatic N) is 2. The number of carbonyl (C=O) groups is 1. The average Bonchev–Trinajstić information content (AvgIpc) is 2.75. The Morgan fingerprint density at radius 2 is 2.11 bits per heavy atom. The fourth-order valence-electron chi connectivity index (χ4n) is 2.21. The molecule has 4 nitrogen and oxygen atoms in total. The van der Waals surface area contributed by atoms with Gasteiger partial charge in [-0.15, -0.1) is 0 Å². The lowest BCUT2D eigenvalue weighted by atomic mass is 9.93. The van der Waals surface area contributed by atoms with E-state index in [2.05, 4.69) is 5.10 Å². The van der Waals surface area contributed by atoms with E-state index in [1.807, 2.05) is 49.8 Å². The van der Waals surface area contributed by atoms with Crippen LogP contribution in [0.5, 0.6) is 0 Å². The first-order valence-electron chi connectivity index (χ1n) is 6.51. The van der Waals surface area contributed by atoms with E-state index in [1.165, 1.54) is 0 Å². The molecule has 4 heteroatoms. The van der Waals surface area contributed by atoms with Gasteiger partial charge in [0.15, 0.2) is 5.78 Å². The first-order chi connectivity index (χ1) is 9.01. The van der Waals surface area contributed by atoms with Crippen LogP contribution in [0.1, 0.15) is 26.0 Å². The molecule has 1 aromatic carbocycles. The predicted molar refractivity (Wildman–Crippen MR) is 75.1 cm³/mol. The Morgan fingerprint density at radius 1 is 1.42 bits per heavy atom. The summed E-state index contributed by atoms with van der Waals surface area (Å²) in [5.74, 6) is 0.0707. The largest absolute Gasteiger partial charge is 0.371 e. The van der Waals surface area contributed by atoms with Crippen molar-refractivity contribution in [2.45, 2.75) is 32.3 Å². The molecule has 102 valence electrons. The van der Waals surface area contributed by atoms with Crippen molar-refractivity contribution >= 4 is 16.7 Å². The van der Waals surface area contributed by atoms with Crippen LogP contribution >= 0.6 is 0 Å². The number of hydrogen-bond acceptors (Lipinski definition) is 3. The van der Waals surface area contributed by atoms with Crippen molar-refractivity contribution in [1.82, 2.24) is 9.78 Å². The highest BCUT2D eigenvalue weighted by Crippen LogP contribution is 2.22. The molecule has 1 atom stereocenters. The van der Waals surface area contributed by atoms with Gasteiger partial charge in [-0.2, -0.15) is 5.10 Å². The Labute approximate surface area is 113 Å². The maximum Gasteiger partial charge on any atom is 0.170 e. The zero-order valence-corrected chi connectivity index (χ0v) is 11.9. The summed E-state index contributed by atoms with van der Waals surface area (Å²) >= 11 is 0. The van der Waals surface area contributed by atoms with Crippen LogP contribution in [0.2, 0.25) is 0 Å². The van der Waals surface area contributed by atoms with E-state index in [4.69, 9.17) is 4.74 Å². The van der Waals surface area contributed by atoms with Crippen LogP contribution in [0.25, 0.3) is 10.9 Å². The third kappa shape index (κ3) is 2.40. The smallest absolute Gasteiger partial charge is 0.170 e. The third-order valence-electron chi connectivity index (χ3n) is 3.88. The molecule has 0 aliphatic heterocycles. The van der Waals surface area contributed by atoms with Crippen molar-refractivity contribution in [3.8, 4) is 0 Å². The zero-order valence-electron chi connectivity index (χ0n) is 11.9. The number of fused-ring (bicyclic) bond motifs is 1. The van der Waals surface area contributed by atoms with Crippen molar-refractivity contribution in [1.29, 1.82) is 0 Å². The van der Waals surface area contributed by atoms with Gasteiger partial charge in [0.1, 0.15) is 5.60 Å². The average molecular weight is 260 g/mol. The molecule has 0 saturated carbocycles. The van der Waals surface area contributed by atoms with E-state index in [-0.39, 0.29) is 5.78 Å². The molecular weight excluding hydrogens is 240 g/mol. The molecule has 0 spiro atoms. The zero-order chi connectivity index (χ0) is 14.0. The van der Waals surface area contributed by atoms with Crippen LogP contribution in [0.4, 0.5) is 0 Å². The number of carbonyl (C=O) groups excluding carboxylic acids is 1. The van der Waals surface area contributed by atoms with Crippen LogP contribution in [0.15, 0.2) is 24.3 Å². The van der Waals surface area contributed by atoms with Gasteiger partial charge in [0, 0.05) is 19.5 Å². The van der Waals surface area contributed by atoms with Crippen LogP contribution < -0.4 is 0 Å². The van der Waals surface area contributed by atoms with E-state index in [0.717, 1.165) is 16.6 Å². The molecule has 0 amide bonds. The second kappa shape index (κ2) is 5.13. The van der Waals surface area contributed by atoms with Gasteiger partial charge in [0.25, 0.3) is 0 Å². The molecule has 1 unspecified atom stereocenters. The second-order valence-electron chi connectivity index (χ2n) is 4.98. The lowest BCUT2D eigenvalue weighted by molar-refractivity contribution is -0.138. The fourth-order valence-corrected chi connectivity index (χ4v) is 2.21. The Morgan fingerprint density at radius 3 is 2.74 bits per heavy atom. The number of aryl methyl sites for hydroxylation is 1. The van der Waals surface area contributed by atoms with Crippen LogP contribution in [-0.4, -0.2) is 28.3 Å². The number of rotatable bonds is 5. The molecule has 0 aliphatic rings. The van der Waals surface area contributed by atoms with Crippen molar-refractivity contribution in [2.24, 2.45) is 7.05 Å². The van der Waals surface area contributed by atoms with Crippen LogP contribution in [0.3, 0.4) is 0 Å². The minimum Gasteiger partial charge on any atom is -0.371 e. The number of ether oxygens (including phenoxy) is 1. The molecule has 0 saturated heterocycles. The monoisotopic (exact) mass is 260 g/mol. The normalized spacial score (nSPS) is 14.5. The van der Waals surface area contributed by atoms with Crippen molar-refractivity contribution < 1.29 is 9.53 Å². The molecule has 1 heterocycles. The summed E-state index contributed by atoms with van der Waals surface area (Å²) in [6.07, 6.45) is 0.965. The van der Waals surface area contributed by atoms with E-state index in [0.29, 0.717) is 12.8 Å². The number of para-hydroxylation sites is 1.